The molecule has 0 spiro atoms. The number of nitrogens with zero attached hydrogens (tertiary/aromatic N) is 2. The predicted molar refractivity (Wildman–Crippen MR) is 62.0 cm³/mol. The summed E-state index contributed by atoms with van der Waals surface area (Å²) < 4.78 is 27.5. The van der Waals surface area contributed by atoms with Crippen LogP contribution in [-0.4, -0.2) is 15.6 Å². The molecule has 0 bridgehead atoms. The van der Waals surface area contributed by atoms with Gasteiger partial charge in [0, 0.05) is 19.5 Å². The highest BCUT2D eigenvalue weighted by Crippen LogP contribution is 2.16. The van der Waals surface area contributed by atoms with E-state index in [9.17, 15) is 13.6 Å². The van der Waals surface area contributed by atoms with Crippen LogP contribution in [0.1, 0.15) is 15.9 Å². The predicted octanol–water partition coefficient (Wildman–Crippen LogP) is 1.71. The number of Topliss-reactive ketones (excluding diaryl/α,β-unsaturated/α-hetero) is 1. The number of nitrogens with two attached hydrogens (primary N) is 1. The third-order valence-corrected chi connectivity index (χ3v) is 2.65. The van der Waals surface area contributed by atoms with E-state index in [2.05, 4.69) is 5.10 Å². The lowest BCUT2D eigenvalue weighted by molar-refractivity contribution is 0.0992. The van der Waals surface area contributed by atoms with Gasteiger partial charge in [0.2, 0.25) is 0 Å². The van der Waals surface area contributed by atoms with Crippen LogP contribution >= 0.6 is 0 Å². The summed E-state index contributed by atoms with van der Waals surface area (Å²) in [5.41, 5.74) is 6.01. The van der Waals surface area contributed by atoms with Gasteiger partial charge in [-0.05, 0) is 11.6 Å². The molecule has 1 heterocycles. The summed E-state index contributed by atoms with van der Waals surface area (Å²) >= 11 is 0. The largest absolute Gasteiger partial charge is 0.383 e. The van der Waals surface area contributed by atoms with Crippen molar-refractivity contribution in [2.24, 2.45) is 7.05 Å². The summed E-state index contributed by atoms with van der Waals surface area (Å²) in [4.78, 5) is 11.9. The number of hydrogen-bond acceptors (Lipinski definition) is 3. The molecule has 94 valence electrons. The molecule has 0 aliphatic rings. The molecule has 0 amide bonds. The van der Waals surface area contributed by atoms with E-state index in [1.165, 1.54) is 16.9 Å². The van der Waals surface area contributed by atoms with Crippen molar-refractivity contribution in [1.29, 1.82) is 0 Å². The third-order valence-electron chi connectivity index (χ3n) is 2.65. The number of aryl methyl sites for hydroxylation is 1. The fourth-order valence-electron chi connectivity index (χ4n) is 1.60. The second-order valence-corrected chi connectivity index (χ2v) is 3.90. The number of halogens is 2. The topological polar surface area (TPSA) is 60.9 Å². The lowest BCUT2D eigenvalue weighted by Crippen LogP contribution is -2.08. The highest BCUT2D eigenvalue weighted by molar-refractivity contribution is 6.01. The Morgan fingerprint density at radius 2 is 2.17 bits per heavy atom. The van der Waals surface area contributed by atoms with E-state index >= 15 is 0 Å². The van der Waals surface area contributed by atoms with Crippen molar-refractivity contribution in [3.63, 3.8) is 0 Å². The molecule has 1 aromatic heterocycles. The van der Waals surface area contributed by atoms with Crippen molar-refractivity contribution in [1.82, 2.24) is 9.78 Å². The lowest BCUT2D eigenvalue weighted by atomic mass is 10.0. The van der Waals surface area contributed by atoms with Crippen molar-refractivity contribution < 1.29 is 13.6 Å². The maximum absolute atomic E-state index is 13.4. The van der Waals surface area contributed by atoms with Gasteiger partial charge < -0.3 is 5.73 Å². The van der Waals surface area contributed by atoms with Crippen LogP contribution in [0.5, 0.6) is 0 Å². The van der Waals surface area contributed by atoms with E-state index < -0.39 is 11.6 Å². The second-order valence-electron chi connectivity index (χ2n) is 3.90. The Balaban J connectivity index is 2.24. The van der Waals surface area contributed by atoms with Gasteiger partial charge in [-0.25, -0.2) is 8.78 Å². The third kappa shape index (κ3) is 2.22. The average molecular weight is 251 g/mol. The molecule has 1 aromatic carbocycles. The van der Waals surface area contributed by atoms with E-state index in [0.717, 1.165) is 12.1 Å². The summed E-state index contributed by atoms with van der Waals surface area (Å²) in [6.45, 7) is 0. The zero-order valence-electron chi connectivity index (χ0n) is 9.65. The Kier molecular flexibility index (Phi) is 3.10. The van der Waals surface area contributed by atoms with Crippen molar-refractivity contribution in [3.8, 4) is 0 Å². The first-order valence-corrected chi connectivity index (χ1v) is 5.23. The molecule has 2 rings (SSSR count). The van der Waals surface area contributed by atoms with Crippen LogP contribution < -0.4 is 5.73 Å². The average Bonchev–Trinajstić information content (AvgIpc) is 2.64. The maximum atomic E-state index is 13.4. The molecule has 4 nitrogen and oxygen atoms in total. The summed E-state index contributed by atoms with van der Waals surface area (Å²) in [6, 6.07) is 3.10. The number of carbonyl (C=O) groups is 1. The summed E-state index contributed by atoms with van der Waals surface area (Å²) in [5, 5.41) is 3.83. The Hall–Kier alpha value is -2.24. The SMILES string of the molecule is Cn1ncc(C(=O)Cc2ccc(F)cc2F)c1N. The summed E-state index contributed by atoms with van der Waals surface area (Å²) in [5.74, 6) is -1.55. The Labute approximate surface area is 102 Å². The molecule has 0 aliphatic heterocycles. The molecular formula is C12H11F2N3O. The molecule has 0 aliphatic carbocycles. The van der Waals surface area contributed by atoms with Crippen molar-refractivity contribution in [2.45, 2.75) is 6.42 Å². The first-order chi connectivity index (χ1) is 8.49. The van der Waals surface area contributed by atoms with E-state index in [4.69, 9.17) is 5.73 Å². The van der Waals surface area contributed by atoms with Crippen molar-refractivity contribution >= 4 is 11.6 Å². The Morgan fingerprint density at radius 1 is 1.44 bits per heavy atom. The van der Waals surface area contributed by atoms with Crippen LogP contribution in [0, 0.1) is 11.6 Å². The number of hydrogen-bond donors (Lipinski definition) is 1. The number of rotatable bonds is 3. The van der Waals surface area contributed by atoms with Crippen LogP contribution in [0.25, 0.3) is 0 Å². The molecule has 0 saturated heterocycles. The highest BCUT2D eigenvalue weighted by atomic mass is 19.1. The fourth-order valence-corrected chi connectivity index (χ4v) is 1.60. The molecule has 0 radical (unpaired) electrons. The monoisotopic (exact) mass is 251 g/mol. The van der Waals surface area contributed by atoms with Gasteiger partial charge in [0.05, 0.1) is 11.8 Å². The summed E-state index contributed by atoms with van der Waals surface area (Å²) in [7, 11) is 1.60. The van der Waals surface area contributed by atoms with E-state index in [0.29, 0.717) is 0 Å². The quantitative estimate of drug-likeness (QED) is 0.845. The first kappa shape index (κ1) is 12.2. The van der Waals surface area contributed by atoms with E-state index in [1.54, 1.807) is 7.05 Å². The number of carbonyl (C=O) groups excluding carboxylic acids is 1. The molecule has 0 atom stereocenters. The van der Waals surface area contributed by atoms with Crippen molar-refractivity contribution in [2.75, 3.05) is 5.73 Å². The molecular weight excluding hydrogens is 240 g/mol. The van der Waals surface area contributed by atoms with Crippen molar-refractivity contribution in [3.05, 3.63) is 47.2 Å². The Morgan fingerprint density at radius 3 is 2.72 bits per heavy atom. The fraction of sp³-hybridized carbons (Fsp3) is 0.167. The maximum Gasteiger partial charge on any atom is 0.172 e. The normalized spacial score (nSPS) is 10.6. The minimum absolute atomic E-state index is 0.129. The second kappa shape index (κ2) is 4.56. The van der Waals surface area contributed by atoms with Gasteiger partial charge in [0.25, 0.3) is 0 Å². The molecule has 2 N–H and O–H groups in total. The van der Waals surface area contributed by atoms with E-state index in [1.807, 2.05) is 0 Å². The van der Waals surface area contributed by atoms with Gasteiger partial charge in [-0.15, -0.1) is 0 Å². The molecule has 0 fully saturated rings. The van der Waals surface area contributed by atoms with Crippen LogP contribution in [-0.2, 0) is 13.5 Å². The van der Waals surface area contributed by atoms with Crippen LogP contribution in [0.3, 0.4) is 0 Å². The summed E-state index contributed by atoms with van der Waals surface area (Å²) in [6.07, 6.45) is 1.15. The molecule has 0 saturated carbocycles. The number of benzene rings is 1. The molecule has 0 unspecified atom stereocenters. The smallest absolute Gasteiger partial charge is 0.172 e. The number of anilines is 1. The van der Waals surface area contributed by atoms with Gasteiger partial charge in [-0.1, -0.05) is 6.07 Å². The van der Waals surface area contributed by atoms with Gasteiger partial charge in [-0.2, -0.15) is 5.10 Å². The minimum Gasteiger partial charge on any atom is -0.383 e. The van der Waals surface area contributed by atoms with Gasteiger partial charge in [0.1, 0.15) is 17.5 Å². The molecule has 18 heavy (non-hydrogen) atoms. The van der Waals surface area contributed by atoms with E-state index in [-0.39, 0.29) is 29.1 Å². The lowest BCUT2D eigenvalue weighted by Gasteiger charge is -2.03. The highest BCUT2D eigenvalue weighted by Gasteiger charge is 2.16. The van der Waals surface area contributed by atoms with Gasteiger partial charge in [-0.3, -0.25) is 9.48 Å². The zero-order valence-corrected chi connectivity index (χ0v) is 9.65. The van der Waals surface area contributed by atoms with Crippen LogP contribution in [0.15, 0.2) is 24.4 Å². The molecule has 2 aromatic rings. The number of aromatic nitrogens is 2. The first-order valence-electron chi connectivity index (χ1n) is 5.23. The van der Waals surface area contributed by atoms with Crippen LogP contribution in [0.4, 0.5) is 14.6 Å². The van der Waals surface area contributed by atoms with Crippen LogP contribution in [0.2, 0.25) is 0 Å². The number of ketones is 1. The number of nitrogen functional groups attached to an aromatic ring is 1. The van der Waals surface area contributed by atoms with Gasteiger partial charge in [0.15, 0.2) is 5.78 Å². The minimum atomic E-state index is -0.745. The standard InChI is InChI=1S/C12H11F2N3O/c1-17-12(15)9(6-16-17)11(18)4-7-2-3-8(13)5-10(7)14/h2-3,5-6H,4,15H2,1H3. The van der Waals surface area contributed by atoms with Gasteiger partial charge >= 0.3 is 0 Å². The Bertz CT molecular complexity index is 607. The molecule has 6 heteroatoms. The zero-order chi connectivity index (χ0) is 13.3.